The second-order valence-electron chi connectivity index (χ2n) is 7.16. The summed E-state index contributed by atoms with van der Waals surface area (Å²) in [5.74, 6) is -0.285. The van der Waals surface area contributed by atoms with Gasteiger partial charge in [-0.05, 0) is 44.5 Å². The van der Waals surface area contributed by atoms with Crippen LogP contribution < -0.4 is 5.32 Å². The molecule has 2 aromatic rings. The first kappa shape index (κ1) is 17.5. The number of anilines is 1. The number of halogens is 1. The molecule has 1 aromatic carbocycles. The molecule has 0 spiro atoms. The first-order valence-electron chi connectivity index (χ1n) is 9.11. The molecule has 4 rings (SSSR count). The van der Waals surface area contributed by atoms with Crippen molar-refractivity contribution in [2.24, 2.45) is 0 Å². The van der Waals surface area contributed by atoms with Crippen LogP contribution in [0.3, 0.4) is 0 Å². The number of amides is 3. The third-order valence-electron chi connectivity index (χ3n) is 5.22. The number of rotatable bonds is 2. The minimum atomic E-state index is -0.454. The quantitative estimate of drug-likeness (QED) is 0.882. The number of benzene rings is 1. The Labute approximate surface area is 156 Å². The Morgan fingerprint density at radius 2 is 2.07 bits per heavy atom. The monoisotopic (exact) mass is 371 g/mol. The first-order chi connectivity index (χ1) is 12.9. The smallest absolute Gasteiger partial charge is 0.321 e. The van der Waals surface area contributed by atoms with Crippen LogP contribution in [0.4, 0.5) is 14.9 Å². The molecule has 8 heteroatoms. The van der Waals surface area contributed by atoms with Crippen LogP contribution in [-0.4, -0.2) is 57.2 Å². The molecule has 0 radical (unpaired) electrons. The summed E-state index contributed by atoms with van der Waals surface area (Å²) in [7, 11) is 0. The molecule has 0 aliphatic carbocycles. The largest absolute Gasteiger partial charge is 0.336 e. The molecule has 1 N–H and O–H groups in total. The Balaban J connectivity index is 1.45. The third-order valence-corrected chi connectivity index (χ3v) is 5.22. The summed E-state index contributed by atoms with van der Waals surface area (Å²) in [4.78, 5) is 27.8. The molecule has 2 aliphatic heterocycles. The molecule has 27 heavy (non-hydrogen) atoms. The Hall–Kier alpha value is -2.90. The number of piperazine rings is 1. The van der Waals surface area contributed by atoms with Crippen molar-refractivity contribution in [1.29, 1.82) is 0 Å². The van der Waals surface area contributed by atoms with E-state index in [1.54, 1.807) is 21.7 Å². The molecule has 7 nitrogen and oxygen atoms in total. The van der Waals surface area contributed by atoms with Gasteiger partial charge in [-0.1, -0.05) is 0 Å². The van der Waals surface area contributed by atoms with Crippen LogP contribution in [0.2, 0.25) is 0 Å². The van der Waals surface area contributed by atoms with E-state index in [4.69, 9.17) is 0 Å². The standard InChI is InChI=1S/C19H22FN5O2/c1-12-9-13(2)25(22-12)17-5-3-14(10-16(17)20)21-19(27)23-7-8-24-15(11-23)4-6-18(24)26/h3,5,9-10,15H,4,6-8,11H2,1-2H3,(H,21,27). The summed E-state index contributed by atoms with van der Waals surface area (Å²) in [6.45, 7) is 5.28. The highest BCUT2D eigenvalue weighted by molar-refractivity contribution is 5.90. The van der Waals surface area contributed by atoms with Crippen LogP contribution in [0.15, 0.2) is 24.3 Å². The minimum Gasteiger partial charge on any atom is -0.336 e. The number of nitrogens with one attached hydrogen (secondary N) is 1. The van der Waals surface area contributed by atoms with Crippen LogP contribution in [0, 0.1) is 19.7 Å². The Kier molecular flexibility index (Phi) is 4.33. The lowest BCUT2D eigenvalue weighted by atomic mass is 10.1. The SMILES string of the molecule is Cc1cc(C)n(-c2ccc(NC(=O)N3CCN4C(=O)CCC4C3)cc2F)n1. The van der Waals surface area contributed by atoms with Gasteiger partial charge in [0.25, 0.3) is 0 Å². The Bertz CT molecular complexity index is 910. The van der Waals surface area contributed by atoms with Crippen molar-refractivity contribution in [3.05, 3.63) is 41.5 Å². The highest BCUT2D eigenvalue weighted by Crippen LogP contribution is 2.24. The lowest BCUT2D eigenvalue weighted by molar-refractivity contribution is -0.130. The summed E-state index contributed by atoms with van der Waals surface area (Å²) < 4.78 is 16.1. The lowest BCUT2D eigenvalue weighted by Gasteiger charge is -2.37. The van der Waals surface area contributed by atoms with Gasteiger partial charge in [-0.25, -0.2) is 13.9 Å². The molecule has 1 aromatic heterocycles. The van der Waals surface area contributed by atoms with E-state index in [2.05, 4.69) is 10.4 Å². The van der Waals surface area contributed by atoms with Gasteiger partial charge in [0.1, 0.15) is 5.69 Å². The minimum absolute atomic E-state index is 0.0992. The van der Waals surface area contributed by atoms with E-state index in [0.29, 0.717) is 37.4 Å². The van der Waals surface area contributed by atoms with Gasteiger partial charge in [-0.2, -0.15) is 5.10 Å². The van der Waals surface area contributed by atoms with Crippen molar-refractivity contribution in [1.82, 2.24) is 19.6 Å². The van der Waals surface area contributed by atoms with Crippen LogP contribution in [0.25, 0.3) is 5.69 Å². The van der Waals surface area contributed by atoms with Gasteiger partial charge >= 0.3 is 6.03 Å². The number of hydrogen-bond donors (Lipinski definition) is 1. The van der Waals surface area contributed by atoms with E-state index in [0.717, 1.165) is 17.8 Å². The fourth-order valence-electron chi connectivity index (χ4n) is 3.88. The molecule has 3 amide bonds. The second kappa shape index (κ2) is 6.68. The van der Waals surface area contributed by atoms with E-state index in [-0.39, 0.29) is 18.0 Å². The highest BCUT2D eigenvalue weighted by atomic mass is 19.1. The number of aryl methyl sites for hydroxylation is 2. The number of hydrogen-bond acceptors (Lipinski definition) is 3. The predicted molar refractivity (Wildman–Crippen MR) is 98.3 cm³/mol. The third kappa shape index (κ3) is 3.27. The molecule has 1 unspecified atom stereocenters. The van der Waals surface area contributed by atoms with Crippen molar-refractivity contribution < 1.29 is 14.0 Å². The van der Waals surface area contributed by atoms with E-state index in [9.17, 15) is 14.0 Å². The summed E-state index contributed by atoms with van der Waals surface area (Å²) >= 11 is 0. The maximum absolute atomic E-state index is 14.6. The maximum Gasteiger partial charge on any atom is 0.321 e. The molecule has 142 valence electrons. The second-order valence-corrected chi connectivity index (χ2v) is 7.16. The van der Waals surface area contributed by atoms with E-state index in [1.165, 1.54) is 6.07 Å². The normalized spacial score (nSPS) is 19.4. The number of carbonyl (C=O) groups is 2. The summed E-state index contributed by atoms with van der Waals surface area (Å²) in [5, 5.41) is 7.05. The predicted octanol–water partition coefficient (Wildman–Crippen LogP) is 2.47. The van der Waals surface area contributed by atoms with Gasteiger partial charge < -0.3 is 15.1 Å². The van der Waals surface area contributed by atoms with Gasteiger partial charge in [0.15, 0.2) is 5.82 Å². The highest BCUT2D eigenvalue weighted by Gasteiger charge is 2.36. The van der Waals surface area contributed by atoms with Gasteiger partial charge in [-0.15, -0.1) is 0 Å². The van der Waals surface area contributed by atoms with Crippen LogP contribution in [-0.2, 0) is 4.79 Å². The molecule has 2 aliphatic rings. The topological polar surface area (TPSA) is 70.5 Å². The number of fused-ring (bicyclic) bond motifs is 1. The first-order valence-corrected chi connectivity index (χ1v) is 9.11. The molecule has 2 saturated heterocycles. The van der Waals surface area contributed by atoms with Crippen LogP contribution in [0.1, 0.15) is 24.2 Å². The Morgan fingerprint density at radius 1 is 1.26 bits per heavy atom. The number of urea groups is 1. The van der Waals surface area contributed by atoms with Crippen LogP contribution in [0.5, 0.6) is 0 Å². The summed E-state index contributed by atoms with van der Waals surface area (Å²) in [6, 6.07) is 6.29. The van der Waals surface area contributed by atoms with Crippen molar-refractivity contribution in [3.63, 3.8) is 0 Å². The van der Waals surface area contributed by atoms with Gasteiger partial charge in [-0.3, -0.25) is 4.79 Å². The van der Waals surface area contributed by atoms with Crippen molar-refractivity contribution >= 4 is 17.6 Å². The fraction of sp³-hybridized carbons (Fsp3) is 0.421. The Morgan fingerprint density at radius 3 is 2.78 bits per heavy atom. The van der Waals surface area contributed by atoms with Crippen molar-refractivity contribution in [2.75, 3.05) is 25.0 Å². The zero-order valence-corrected chi connectivity index (χ0v) is 15.4. The lowest BCUT2D eigenvalue weighted by Crippen LogP contribution is -2.54. The number of nitrogens with zero attached hydrogens (tertiary/aromatic N) is 4. The number of aromatic nitrogens is 2. The molecule has 3 heterocycles. The zero-order valence-electron chi connectivity index (χ0n) is 15.4. The zero-order chi connectivity index (χ0) is 19.1. The van der Waals surface area contributed by atoms with Gasteiger partial charge in [0.05, 0.1) is 5.69 Å². The van der Waals surface area contributed by atoms with Gasteiger partial charge in [0.2, 0.25) is 5.91 Å². The molecule has 0 saturated carbocycles. The molecular formula is C19H22FN5O2. The van der Waals surface area contributed by atoms with E-state index >= 15 is 0 Å². The van der Waals surface area contributed by atoms with Crippen molar-refractivity contribution in [3.8, 4) is 5.69 Å². The van der Waals surface area contributed by atoms with Gasteiger partial charge in [0, 0.05) is 43.5 Å². The molecule has 2 fully saturated rings. The van der Waals surface area contributed by atoms with E-state index in [1.807, 2.05) is 24.8 Å². The molecule has 0 bridgehead atoms. The average molecular weight is 371 g/mol. The fourth-order valence-corrected chi connectivity index (χ4v) is 3.88. The summed E-state index contributed by atoms with van der Waals surface area (Å²) in [6.07, 6.45) is 1.34. The maximum atomic E-state index is 14.6. The average Bonchev–Trinajstić information content (AvgIpc) is 3.16. The summed E-state index contributed by atoms with van der Waals surface area (Å²) in [5.41, 5.74) is 2.39. The van der Waals surface area contributed by atoms with E-state index < -0.39 is 5.82 Å². The molecular weight excluding hydrogens is 349 g/mol. The molecule has 1 atom stereocenters. The van der Waals surface area contributed by atoms with Crippen LogP contribution >= 0.6 is 0 Å². The number of carbonyl (C=O) groups excluding carboxylic acids is 2. The van der Waals surface area contributed by atoms with Crippen molar-refractivity contribution in [2.45, 2.75) is 32.7 Å².